The average molecular weight is 407 g/mol. The first-order valence-corrected chi connectivity index (χ1v) is 10.6. The van der Waals surface area contributed by atoms with Gasteiger partial charge in [-0.25, -0.2) is 0 Å². The van der Waals surface area contributed by atoms with Gasteiger partial charge < -0.3 is 35.8 Å². The minimum absolute atomic E-state index is 0.0457. The summed E-state index contributed by atoms with van der Waals surface area (Å²) in [6.07, 6.45) is 3.44. The second-order valence-corrected chi connectivity index (χ2v) is 7.88. The number of rotatable bonds is 8. The monoisotopic (exact) mass is 406 g/mol. The summed E-state index contributed by atoms with van der Waals surface area (Å²) in [7, 11) is 1.96. The van der Waals surface area contributed by atoms with E-state index in [1.54, 1.807) is 12.1 Å². The lowest BCUT2D eigenvalue weighted by atomic mass is 9.93. The van der Waals surface area contributed by atoms with E-state index in [0.29, 0.717) is 49.1 Å². The lowest BCUT2D eigenvalue weighted by molar-refractivity contribution is 0.0216. The zero-order valence-electron chi connectivity index (χ0n) is 17.3. The van der Waals surface area contributed by atoms with Crippen LogP contribution in [0.25, 0.3) is 0 Å². The number of β-amino-alcohol motifs (C(OH)–C–C–N with tert-alkyl or cyclic N) is 1. The average Bonchev–Trinajstić information content (AvgIpc) is 2.95. The minimum Gasteiger partial charge on any atom is -0.489 e. The lowest BCUT2D eigenvalue weighted by Crippen LogP contribution is -2.47. The molecule has 1 amide bonds. The number of carbonyl (C=O) groups excluding carboxylic acids is 1. The largest absolute Gasteiger partial charge is 0.489 e. The molecule has 1 fully saturated rings. The normalized spacial score (nSPS) is 22.1. The highest BCUT2D eigenvalue weighted by molar-refractivity contribution is 5.98. The van der Waals surface area contributed by atoms with E-state index in [1.165, 1.54) is 0 Å². The number of nitrogens with one attached hydrogen (secondary N) is 2. The molecule has 0 spiro atoms. The third-order valence-electron chi connectivity index (χ3n) is 5.60. The Hall–Kier alpha value is -2.03. The smallest absolute Gasteiger partial charge is 0.255 e. The number of piperidine rings is 1. The molecular formula is C21H34N4O4. The maximum absolute atomic E-state index is 12.8. The van der Waals surface area contributed by atoms with Crippen molar-refractivity contribution in [3.63, 3.8) is 0 Å². The molecular weight excluding hydrogens is 372 g/mol. The van der Waals surface area contributed by atoms with Gasteiger partial charge in [0.05, 0.1) is 24.9 Å². The number of likely N-dealkylation sites (tertiary alicyclic amines) is 1. The Morgan fingerprint density at radius 1 is 1.31 bits per heavy atom. The summed E-state index contributed by atoms with van der Waals surface area (Å²) < 4.78 is 11.4. The molecule has 0 radical (unpaired) electrons. The first-order valence-electron chi connectivity index (χ1n) is 10.6. The van der Waals surface area contributed by atoms with E-state index < -0.39 is 6.10 Å². The summed E-state index contributed by atoms with van der Waals surface area (Å²) in [4.78, 5) is 15.1. The Bertz CT molecular complexity index is 685. The van der Waals surface area contributed by atoms with Gasteiger partial charge in [0.25, 0.3) is 5.91 Å². The Labute approximate surface area is 172 Å². The van der Waals surface area contributed by atoms with Crippen molar-refractivity contribution in [3.05, 3.63) is 17.7 Å². The molecule has 0 bridgehead atoms. The molecule has 1 aromatic carbocycles. The van der Waals surface area contributed by atoms with Crippen molar-refractivity contribution in [2.24, 2.45) is 5.92 Å². The zero-order valence-corrected chi connectivity index (χ0v) is 17.3. The maximum Gasteiger partial charge on any atom is 0.255 e. The second-order valence-electron chi connectivity index (χ2n) is 7.88. The van der Waals surface area contributed by atoms with Gasteiger partial charge in [-0.1, -0.05) is 0 Å². The van der Waals surface area contributed by atoms with Crippen molar-refractivity contribution in [1.82, 2.24) is 15.5 Å². The third kappa shape index (κ3) is 5.98. The SMILES string of the molecule is CNCCCCN1CC[C@@H](CNC(=O)c2cc(N)cc3c2OCCCO3)C(O)C1. The maximum atomic E-state index is 12.8. The second kappa shape index (κ2) is 10.7. The summed E-state index contributed by atoms with van der Waals surface area (Å²) in [5.41, 5.74) is 6.79. The molecule has 2 aliphatic heterocycles. The highest BCUT2D eigenvalue weighted by Crippen LogP contribution is 2.35. The standard InChI is InChI=1S/C21H34N4O4/c1-23-6-2-3-7-25-8-5-15(18(26)14-25)13-24-21(27)17-11-16(22)12-19-20(17)29-10-4-9-28-19/h11-12,15,18,23,26H,2-10,13-14,22H2,1H3,(H,24,27)/t15-,18?/m0/s1. The topological polar surface area (TPSA) is 109 Å². The molecule has 1 saturated heterocycles. The minimum atomic E-state index is -0.439. The van der Waals surface area contributed by atoms with E-state index >= 15 is 0 Å². The molecule has 0 aromatic heterocycles. The number of anilines is 1. The Balaban J connectivity index is 1.52. The molecule has 0 saturated carbocycles. The molecule has 29 heavy (non-hydrogen) atoms. The number of benzene rings is 1. The number of nitrogens with two attached hydrogens (primary N) is 1. The number of aliphatic hydroxyl groups is 1. The van der Waals surface area contributed by atoms with E-state index in [9.17, 15) is 9.90 Å². The van der Waals surface area contributed by atoms with Crippen molar-refractivity contribution < 1.29 is 19.4 Å². The molecule has 5 N–H and O–H groups in total. The Morgan fingerprint density at radius 2 is 2.14 bits per heavy atom. The number of fused-ring (bicyclic) bond motifs is 1. The molecule has 1 aromatic rings. The number of nitrogen functional groups attached to an aromatic ring is 1. The molecule has 2 heterocycles. The van der Waals surface area contributed by atoms with E-state index in [2.05, 4.69) is 15.5 Å². The van der Waals surface area contributed by atoms with Crippen molar-refractivity contribution in [2.45, 2.75) is 31.8 Å². The van der Waals surface area contributed by atoms with Gasteiger partial charge in [0.15, 0.2) is 11.5 Å². The molecule has 2 atom stereocenters. The molecule has 8 nitrogen and oxygen atoms in total. The Kier molecular flexibility index (Phi) is 7.97. The van der Waals surface area contributed by atoms with Crippen LogP contribution in [0.3, 0.4) is 0 Å². The van der Waals surface area contributed by atoms with Crippen LogP contribution in [0.15, 0.2) is 12.1 Å². The summed E-state index contributed by atoms with van der Waals surface area (Å²) in [5, 5.41) is 16.6. The van der Waals surface area contributed by atoms with Crippen LogP contribution >= 0.6 is 0 Å². The summed E-state index contributed by atoms with van der Waals surface area (Å²) in [6, 6.07) is 3.31. The van der Waals surface area contributed by atoms with Gasteiger partial charge in [0.2, 0.25) is 0 Å². The third-order valence-corrected chi connectivity index (χ3v) is 5.60. The molecule has 1 unspecified atom stereocenters. The number of nitrogens with zero attached hydrogens (tertiary/aromatic N) is 1. The van der Waals surface area contributed by atoms with Crippen molar-refractivity contribution in [2.75, 3.05) is 58.7 Å². The lowest BCUT2D eigenvalue weighted by Gasteiger charge is -2.36. The van der Waals surface area contributed by atoms with Crippen LogP contribution in [0.1, 0.15) is 36.0 Å². The fourth-order valence-electron chi connectivity index (χ4n) is 3.91. The van der Waals surface area contributed by atoms with Crippen molar-refractivity contribution in [3.8, 4) is 11.5 Å². The quantitative estimate of drug-likeness (QED) is 0.374. The number of amides is 1. The fourth-order valence-corrected chi connectivity index (χ4v) is 3.91. The van der Waals surface area contributed by atoms with E-state index in [0.717, 1.165) is 45.3 Å². The van der Waals surface area contributed by atoms with Crippen LogP contribution in [-0.4, -0.2) is 75.0 Å². The fraction of sp³-hybridized carbons (Fsp3) is 0.667. The van der Waals surface area contributed by atoms with Crippen LogP contribution in [0, 0.1) is 5.92 Å². The first-order chi connectivity index (χ1) is 14.1. The zero-order chi connectivity index (χ0) is 20.6. The molecule has 8 heteroatoms. The van der Waals surface area contributed by atoms with Gasteiger partial charge in [0, 0.05) is 37.2 Å². The van der Waals surface area contributed by atoms with Crippen LogP contribution in [0.4, 0.5) is 5.69 Å². The Morgan fingerprint density at radius 3 is 2.93 bits per heavy atom. The predicted molar refractivity (Wildman–Crippen MR) is 113 cm³/mol. The predicted octanol–water partition coefficient (Wildman–Crippen LogP) is 0.842. The van der Waals surface area contributed by atoms with Gasteiger partial charge >= 0.3 is 0 Å². The summed E-state index contributed by atoms with van der Waals surface area (Å²) >= 11 is 0. The summed E-state index contributed by atoms with van der Waals surface area (Å²) in [5.74, 6) is 0.760. The molecule has 0 aliphatic carbocycles. The number of carbonyl (C=O) groups is 1. The van der Waals surface area contributed by atoms with Gasteiger partial charge in [-0.2, -0.15) is 0 Å². The van der Waals surface area contributed by atoms with Gasteiger partial charge in [-0.15, -0.1) is 0 Å². The van der Waals surface area contributed by atoms with Crippen LogP contribution in [0.2, 0.25) is 0 Å². The number of ether oxygens (including phenoxy) is 2. The first kappa shape index (κ1) is 21.7. The van der Waals surface area contributed by atoms with Gasteiger partial charge in [-0.05, 0) is 52.0 Å². The number of hydrogen-bond donors (Lipinski definition) is 4. The number of unbranched alkanes of at least 4 members (excludes halogenated alkanes) is 1. The van der Waals surface area contributed by atoms with Crippen LogP contribution in [-0.2, 0) is 0 Å². The highest BCUT2D eigenvalue weighted by atomic mass is 16.5. The molecule has 2 aliphatic rings. The van der Waals surface area contributed by atoms with Crippen LogP contribution < -0.4 is 25.8 Å². The van der Waals surface area contributed by atoms with Crippen LogP contribution in [0.5, 0.6) is 11.5 Å². The van der Waals surface area contributed by atoms with E-state index in [1.807, 2.05) is 7.05 Å². The van der Waals surface area contributed by atoms with Gasteiger partial charge in [-0.3, -0.25) is 4.79 Å². The van der Waals surface area contributed by atoms with Gasteiger partial charge in [0.1, 0.15) is 0 Å². The molecule has 162 valence electrons. The van der Waals surface area contributed by atoms with Crippen molar-refractivity contribution >= 4 is 11.6 Å². The summed E-state index contributed by atoms with van der Waals surface area (Å²) in [6.45, 7) is 5.10. The van der Waals surface area contributed by atoms with E-state index in [-0.39, 0.29) is 11.8 Å². The number of aliphatic hydroxyl groups excluding tert-OH is 1. The number of hydrogen-bond acceptors (Lipinski definition) is 7. The van der Waals surface area contributed by atoms with E-state index in [4.69, 9.17) is 15.2 Å². The molecule has 3 rings (SSSR count). The van der Waals surface area contributed by atoms with Crippen molar-refractivity contribution in [1.29, 1.82) is 0 Å². The highest BCUT2D eigenvalue weighted by Gasteiger charge is 2.28.